The first kappa shape index (κ1) is 46.3. The molecular weight excluding hydrogens is 704 g/mol. The van der Waals surface area contributed by atoms with Crippen LogP contribution in [-0.2, 0) is 33.2 Å². The minimum absolute atomic E-state index is 0.166. The average molecular weight is 771 g/mol. The van der Waals surface area contributed by atoms with Crippen LogP contribution in [0.4, 0.5) is 0 Å². The second-order valence-corrected chi connectivity index (χ2v) is 14.6. The highest BCUT2D eigenvalue weighted by atomic mass is 16.8. The monoisotopic (exact) mass is 770 g/mol. The van der Waals surface area contributed by atoms with E-state index in [2.05, 4.69) is 6.92 Å². The normalized spacial score (nSPS) is 37.6. The minimum atomic E-state index is -2.38. The summed E-state index contributed by atoms with van der Waals surface area (Å²) in [5.41, 5.74) is 0. The number of aliphatic hydroxyl groups excluding tert-OH is 10. The van der Waals surface area contributed by atoms with E-state index in [1.807, 2.05) is 0 Å². The van der Waals surface area contributed by atoms with Crippen molar-refractivity contribution in [3.05, 3.63) is 0 Å². The van der Waals surface area contributed by atoms with E-state index in [0.717, 1.165) is 19.3 Å². The van der Waals surface area contributed by atoms with Crippen LogP contribution in [0, 0.1) is 0 Å². The summed E-state index contributed by atoms with van der Waals surface area (Å²) in [5.74, 6) is -2.90. The largest absolute Gasteiger partial charge is 0.463 e. The Morgan fingerprint density at radius 2 is 1.04 bits per heavy atom. The van der Waals surface area contributed by atoms with E-state index < -0.39 is 118 Å². The van der Waals surface area contributed by atoms with Gasteiger partial charge in [-0.2, -0.15) is 0 Å². The lowest BCUT2D eigenvalue weighted by Crippen LogP contribution is -2.63. The molecule has 14 atom stereocenters. The van der Waals surface area contributed by atoms with Crippen LogP contribution in [0.25, 0.3) is 0 Å². The van der Waals surface area contributed by atoms with E-state index >= 15 is 0 Å². The topological polar surface area (TPSA) is 275 Å². The van der Waals surface area contributed by atoms with Gasteiger partial charge in [0, 0.05) is 6.42 Å². The molecule has 0 saturated carbocycles. The summed E-state index contributed by atoms with van der Waals surface area (Å²) in [5, 5.41) is 103. The maximum atomic E-state index is 12.4. The highest BCUT2D eigenvalue weighted by Crippen LogP contribution is 2.36. The number of aliphatic hydroxyl groups is 10. The van der Waals surface area contributed by atoms with Gasteiger partial charge in [0.15, 0.2) is 12.6 Å². The number of unbranched alkanes of at least 4 members (excludes halogenated alkanes) is 14. The molecular formula is C36H66O17. The number of carbonyl (C=O) groups excluding carboxylic acids is 1. The van der Waals surface area contributed by atoms with E-state index in [1.54, 1.807) is 0 Å². The second-order valence-electron chi connectivity index (χ2n) is 14.6. The molecule has 0 aliphatic carbocycles. The second kappa shape index (κ2) is 23.8. The van der Waals surface area contributed by atoms with Crippen molar-refractivity contribution >= 4 is 5.97 Å². The van der Waals surface area contributed by atoms with Crippen molar-refractivity contribution < 1.29 is 84.3 Å². The molecule has 3 heterocycles. The van der Waals surface area contributed by atoms with Gasteiger partial charge in [-0.3, -0.25) is 4.79 Å². The molecule has 0 aromatic carbocycles. The fourth-order valence-corrected chi connectivity index (χ4v) is 6.89. The summed E-state index contributed by atoms with van der Waals surface area (Å²) in [6, 6.07) is 0. The molecule has 3 rings (SSSR count). The third-order valence-corrected chi connectivity index (χ3v) is 10.4. The molecule has 0 bridgehead atoms. The van der Waals surface area contributed by atoms with Crippen LogP contribution in [0.15, 0.2) is 0 Å². The fourth-order valence-electron chi connectivity index (χ4n) is 6.89. The first-order valence-corrected chi connectivity index (χ1v) is 19.5. The first-order valence-electron chi connectivity index (χ1n) is 19.5. The summed E-state index contributed by atoms with van der Waals surface area (Å²) in [7, 11) is 0. The quantitative estimate of drug-likeness (QED) is 0.0404. The maximum absolute atomic E-state index is 12.4. The van der Waals surface area contributed by atoms with Crippen LogP contribution in [-0.4, -0.2) is 169 Å². The van der Waals surface area contributed by atoms with Crippen LogP contribution in [0.2, 0.25) is 0 Å². The molecule has 3 aliphatic rings. The van der Waals surface area contributed by atoms with Crippen LogP contribution in [0.5, 0.6) is 0 Å². The van der Waals surface area contributed by atoms with Gasteiger partial charge in [-0.25, -0.2) is 0 Å². The van der Waals surface area contributed by atoms with E-state index in [0.29, 0.717) is 6.42 Å². The number of carbonyl (C=O) groups is 1. The number of rotatable bonds is 25. The standard InChI is InChI=1S/C36H66O17/c1-2-3-4-5-6-7-8-9-10-11-12-13-14-15-16-17-25(39)48-19-23-26(40)29(43)31(45)34(50-23)49-20-24-27(41)30(44)32(46)35(51-24)53-36(21-38)33(47)28(42)22(18-37)52-36/h22-24,26-35,37-38,40-47H,2-21H2,1H3/t22-,23-,24-,26+,27-,28-,29+,30+,31-,32-,33+,34?,35?,36+/m1/s1. The summed E-state index contributed by atoms with van der Waals surface area (Å²) < 4.78 is 32.7. The van der Waals surface area contributed by atoms with Crippen molar-refractivity contribution in [2.45, 2.75) is 195 Å². The Morgan fingerprint density at radius 3 is 1.53 bits per heavy atom. The molecule has 2 unspecified atom stereocenters. The average Bonchev–Trinajstić information content (AvgIpc) is 3.40. The van der Waals surface area contributed by atoms with Crippen LogP contribution in [0.1, 0.15) is 110 Å². The summed E-state index contributed by atoms with van der Waals surface area (Å²) in [6.45, 7) is -0.687. The molecule has 3 saturated heterocycles. The lowest BCUT2D eigenvalue weighted by Gasteiger charge is -2.44. The van der Waals surface area contributed by atoms with Gasteiger partial charge in [0.25, 0.3) is 0 Å². The van der Waals surface area contributed by atoms with Gasteiger partial charge < -0.3 is 79.5 Å². The Kier molecular flexibility index (Phi) is 20.8. The zero-order chi connectivity index (χ0) is 39.0. The molecule has 17 nitrogen and oxygen atoms in total. The van der Waals surface area contributed by atoms with Crippen molar-refractivity contribution in [2.24, 2.45) is 0 Å². The molecule has 0 amide bonds. The minimum Gasteiger partial charge on any atom is -0.463 e. The third kappa shape index (κ3) is 13.5. The highest BCUT2D eigenvalue weighted by molar-refractivity contribution is 5.69. The van der Waals surface area contributed by atoms with E-state index in [1.165, 1.54) is 70.6 Å². The van der Waals surface area contributed by atoms with Crippen molar-refractivity contribution in [1.29, 1.82) is 0 Å². The molecule has 312 valence electrons. The van der Waals surface area contributed by atoms with E-state index in [-0.39, 0.29) is 6.42 Å². The molecule has 0 aromatic rings. The maximum Gasteiger partial charge on any atom is 0.305 e. The Morgan fingerprint density at radius 1 is 0.566 bits per heavy atom. The van der Waals surface area contributed by atoms with Crippen LogP contribution < -0.4 is 0 Å². The molecule has 17 heteroatoms. The Balaban J connectivity index is 1.37. The number of esters is 1. The van der Waals surface area contributed by atoms with Crippen molar-refractivity contribution in [3.8, 4) is 0 Å². The lowest BCUT2D eigenvalue weighted by molar-refractivity contribution is -0.388. The molecule has 10 N–H and O–H groups in total. The number of hydrogen-bond donors (Lipinski definition) is 10. The molecule has 3 aliphatic heterocycles. The molecule has 53 heavy (non-hydrogen) atoms. The van der Waals surface area contributed by atoms with Gasteiger partial charge in [-0.05, 0) is 6.42 Å². The van der Waals surface area contributed by atoms with Gasteiger partial charge in [-0.1, -0.05) is 96.8 Å². The summed E-state index contributed by atoms with van der Waals surface area (Å²) >= 11 is 0. The Hall–Kier alpha value is -1.13. The summed E-state index contributed by atoms with van der Waals surface area (Å²) in [4.78, 5) is 12.4. The SMILES string of the molecule is CCCCCCCCCCCCCCCCCC(=O)OC[C@H]1OC(OC[C@H]2OC(O[C@]3(CO)O[C@H](CO)[C@@H](O)[C@@H]3O)[C@H](O)[C@@H](O)[C@@H]2O)[C@H](O)[C@@H](O)[C@H]1O. The number of ether oxygens (including phenoxy) is 6. The van der Waals surface area contributed by atoms with Gasteiger partial charge in [0.05, 0.1) is 13.2 Å². The van der Waals surface area contributed by atoms with Gasteiger partial charge in [-0.15, -0.1) is 0 Å². The van der Waals surface area contributed by atoms with Gasteiger partial charge in [0.1, 0.15) is 80.4 Å². The molecule has 0 radical (unpaired) electrons. The van der Waals surface area contributed by atoms with Gasteiger partial charge >= 0.3 is 5.97 Å². The first-order chi connectivity index (χ1) is 25.4. The van der Waals surface area contributed by atoms with E-state index in [9.17, 15) is 55.9 Å². The fraction of sp³-hybridized carbons (Fsp3) is 0.972. The van der Waals surface area contributed by atoms with Crippen molar-refractivity contribution in [2.75, 3.05) is 26.4 Å². The highest BCUT2D eigenvalue weighted by Gasteiger charge is 2.58. The lowest BCUT2D eigenvalue weighted by atomic mass is 9.98. The van der Waals surface area contributed by atoms with Crippen LogP contribution in [0.3, 0.4) is 0 Å². The van der Waals surface area contributed by atoms with Crippen LogP contribution >= 0.6 is 0 Å². The molecule has 3 fully saturated rings. The Bertz CT molecular complexity index is 1010. The smallest absolute Gasteiger partial charge is 0.305 e. The zero-order valence-electron chi connectivity index (χ0n) is 31.0. The molecule has 0 spiro atoms. The Labute approximate surface area is 311 Å². The third-order valence-electron chi connectivity index (χ3n) is 10.4. The van der Waals surface area contributed by atoms with Gasteiger partial charge in [0.2, 0.25) is 5.79 Å². The predicted octanol–water partition coefficient (Wildman–Crippen LogP) is -0.759. The summed E-state index contributed by atoms with van der Waals surface area (Å²) in [6.07, 6.45) is -4.04. The number of hydrogen-bond acceptors (Lipinski definition) is 17. The predicted molar refractivity (Wildman–Crippen MR) is 185 cm³/mol. The zero-order valence-corrected chi connectivity index (χ0v) is 31.0. The van der Waals surface area contributed by atoms with E-state index in [4.69, 9.17) is 28.4 Å². The van der Waals surface area contributed by atoms with Crippen molar-refractivity contribution in [3.63, 3.8) is 0 Å². The molecule has 0 aromatic heterocycles. The van der Waals surface area contributed by atoms with Crippen molar-refractivity contribution in [1.82, 2.24) is 0 Å².